The van der Waals surface area contributed by atoms with E-state index in [2.05, 4.69) is 20.9 Å². The van der Waals surface area contributed by atoms with E-state index in [4.69, 9.17) is 16.3 Å². The Morgan fingerprint density at radius 2 is 2.16 bits per heavy atom. The second kappa shape index (κ2) is 5.99. The van der Waals surface area contributed by atoms with Crippen LogP contribution in [-0.4, -0.2) is 9.91 Å². The molecule has 0 saturated heterocycles. The quantitative estimate of drug-likeness (QED) is 0.478. The molecule has 0 atom stereocenters. The van der Waals surface area contributed by atoms with E-state index in [0.717, 1.165) is 5.56 Å². The normalized spacial score (nSPS) is 10.2. The molecule has 0 aliphatic carbocycles. The molecule has 0 radical (unpaired) electrons. The van der Waals surface area contributed by atoms with Crippen molar-refractivity contribution in [2.24, 2.45) is 0 Å². The highest BCUT2D eigenvalue weighted by Gasteiger charge is 2.15. The van der Waals surface area contributed by atoms with Gasteiger partial charge in [-0.25, -0.2) is 4.98 Å². The lowest BCUT2D eigenvalue weighted by Crippen LogP contribution is -1.98. The zero-order valence-corrected chi connectivity index (χ0v) is 11.9. The summed E-state index contributed by atoms with van der Waals surface area (Å²) in [5.74, 6) is 0.407. The summed E-state index contributed by atoms with van der Waals surface area (Å²) in [5.41, 5.74) is 0.787. The van der Waals surface area contributed by atoms with Crippen LogP contribution < -0.4 is 4.74 Å². The molecule has 5 nitrogen and oxygen atoms in total. The average molecular weight is 344 g/mol. The highest BCUT2D eigenvalue weighted by atomic mass is 79.9. The Morgan fingerprint density at radius 3 is 2.79 bits per heavy atom. The molecule has 1 aromatic carbocycles. The fourth-order valence-corrected chi connectivity index (χ4v) is 2.04. The lowest BCUT2D eigenvalue weighted by atomic mass is 10.3. The summed E-state index contributed by atoms with van der Waals surface area (Å²) in [4.78, 5) is 14.2. The summed E-state index contributed by atoms with van der Waals surface area (Å²) in [5, 5.41) is 11.2. The second-order valence-corrected chi connectivity index (χ2v) is 4.80. The number of hydrogen-bond acceptors (Lipinski definition) is 4. The number of halogens is 2. The van der Waals surface area contributed by atoms with Crippen molar-refractivity contribution in [3.05, 3.63) is 61.8 Å². The summed E-state index contributed by atoms with van der Waals surface area (Å²) in [6, 6.07) is 8.06. The van der Waals surface area contributed by atoms with Crippen LogP contribution in [0.5, 0.6) is 5.75 Å². The Morgan fingerprint density at radius 1 is 1.37 bits per heavy atom. The van der Waals surface area contributed by atoms with E-state index in [1.54, 1.807) is 30.5 Å². The molecule has 19 heavy (non-hydrogen) atoms. The summed E-state index contributed by atoms with van der Waals surface area (Å²) in [7, 11) is 0. The van der Waals surface area contributed by atoms with Gasteiger partial charge in [0.1, 0.15) is 22.0 Å². The maximum atomic E-state index is 10.8. The minimum absolute atomic E-state index is 0.0354. The SMILES string of the molecule is O=[N+]([O-])c1cccc(OCc2ccc(Cl)nc2)c1Br. The van der Waals surface area contributed by atoms with Gasteiger partial charge >= 0.3 is 0 Å². The topological polar surface area (TPSA) is 65.3 Å². The maximum Gasteiger partial charge on any atom is 0.287 e. The molecular weight excluding hydrogens is 336 g/mol. The van der Waals surface area contributed by atoms with Gasteiger partial charge in [-0.2, -0.15) is 0 Å². The molecule has 0 aliphatic rings. The van der Waals surface area contributed by atoms with E-state index in [0.29, 0.717) is 15.4 Å². The van der Waals surface area contributed by atoms with Gasteiger partial charge in [0.2, 0.25) is 0 Å². The van der Waals surface area contributed by atoms with Crippen LogP contribution in [0.3, 0.4) is 0 Å². The third-order valence-corrected chi connectivity index (χ3v) is 3.34. The van der Waals surface area contributed by atoms with Crippen molar-refractivity contribution in [2.75, 3.05) is 0 Å². The Hall–Kier alpha value is -1.66. The number of pyridine rings is 1. The van der Waals surface area contributed by atoms with Crippen molar-refractivity contribution < 1.29 is 9.66 Å². The molecule has 0 bridgehead atoms. The van der Waals surface area contributed by atoms with Crippen molar-refractivity contribution in [3.8, 4) is 5.75 Å². The molecule has 2 rings (SSSR count). The highest BCUT2D eigenvalue weighted by molar-refractivity contribution is 9.10. The van der Waals surface area contributed by atoms with Gasteiger partial charge < -0.3 is 4.74 Å². The van der Waals surface area contributed by atoms with Gasteiger partial charge in [0.05, 0.1) is 4.92 Å². The van der Waals surface area contributed by atoms with Gasteiger partial charge in [-0.3, -0.25) is 10.1 Å². The molecule has 98 valence electrons. The fourth-order valence-electron chi connectivity index (χ4n) is 1.40. The van der Waals surface area contributed by atoms with Crippen LogP contribution in [-0.2, 0) is 6.61 Å². The van der Waals surface area contributed by atoms with Crippen molar-refractivity contribution >= 4 is 33.2 Å². The van der Waals surface area contributed by atoms with E-state index >= 15 is 0 Å². The molecule has 2 aromatic rings. The number of benzene rings is 1. The number of ether oxygens (including phenoxy) is 1. The van der Waals surface area contributed by atoms with Crippen LogP contribution in [0.4, 0.5) is 5.69 Å². The smallest absolute Gasteiger partial charge is 0.287 e. The first-order chi connectivity index (χ1) is 9.08. The highest BCUT2D eigenvalue weighted by Crippen LogP contribution is 2.34. The Kier molecular flexibility index (Phi) is 4.34. The molecule has 0 fully saturated rings. The van der Waals surface area contributed by atoms with Gasteiger partial charge in [0.15, 0.2) is 0 Å². The lowest BCUT2D eigenvalue weighted by molar-refractivity contribution is -0.385. The Balaban J connectivity index is 2.13. The first-order valence-corrected chi connectivity index (χ1v) is 6.41. The number of rotatable bonds is 4. The second-order valence-electron chi connectivity index (χ2n) is 3.62. The Bertz CT molecular complexity index is 604. The van der Waals surface area contributed by atoms with Gasteiger partial charge in [0.25, 0.3) is 5.69 Å². The van der Waals surface area contributed by atoms with Crippen LogP contribution in [0.1, 0.15) is 5.56 Å². The number of hydrogen-bond donors (Lipinski definition) is 0. The van der Waals surface area contributed by atoms with Crippen molar-refractivity contribution in [1.29, 1.82) is 0 Å². The van der Waals surface area contributed by atoms with Gasteiger partial charge in [-0.15, -0.1) is 0 Å². The minimum atomic E-state index is -0.471. The first-order valence-electron chi connectivity index (χ1n) is 5.24. The Labute approximate surface area is 122 Å². The minimum Gasteiger partial charge on any atom is -0.487 e. The van der Waals surface area contributed by atoms with E-state index in [1.165, 1.54) is 6.07 Å². The summed E-state index contributed by atoms with van der Waals surface area (Å²) in [6.07, 6.45) is 1.59. The fraction of sp³-hybridized carbons (Fsp3) is 0.0833. The molecule has 7 heteroatoms. The van der Waals surface area contributed by atoms with Crippen molar-refractivity contribution in [3.63, 3.8) is 0 Å². The predicted octanol–water partition coefficient (Wildman–Crippen LogP) is 3.98. The van der Waals surface area contributed by atoms with Crippen LogP contribution >= 0.6 is 27.5 Å². The van der Waals surface area contributed by atoms with E-state index < -0.39 is 4.92 Å². The van der Waals surface area contributed by atoms with Crippen LogP contribution in [0.15, 0.2) is 41.0 Å². The van der Waals surface area contributed by atoms with Crippen LogP contribution in [0.2, 0.25) is 5.15 Å². The zero-order chi connectivity index (χ0) is 13.8. The lowest BCUT2D eigenvalue weighted by Gasteiger charge is -2.08. The number of nitro groups is 1. The summed E-state index contributed by atoms with van der Waals surface area (Å²) in [6.45, 7) is 0.254. The monoisotopic (exact) mass is 342 g/mol. The molecule has 0 aliphatic heterocycles. The molecule has 0 amide bonds. The molecule has 0 spiro atoms. The zero-order valence-electron chi connectivity index (χ0n) is 9.55. The standard InChI is InChI=1S/C12H8BrClN2O3/c13-12-9(16(17)18)2-1-3-10(12)19-7-8-4-5-11(14)15-6-8/h1-6H,7H2. The van der Waals surface area contributed by atoms with Gasteiger partial charge in [-0.05, 0) is 28.1 Å². The molecule has 0 unspecified atom stereocenters. The third-order valence-electron chi connectivity index (χ3n) is 2.32. The van der Waals surface area contributed by atoms with Gasteiger partial charge in [0, 0.05) is 17.8 Å². The molecular formula is C12H8BrClN2O3. The number of aromatic nitrogens is 1. The maximum absolute atomic E-state index is 10.8. The molecule has 1 aromatic heterocycles. The molecule has 1 heterocycles. The van der Waals surface area contributed by atoms with E-state index in [9.17, 15) is 10.1 Å². The third kappa shape index (κ3) is 3.42. The number of nitrogens with zero attached hydrogens (tertiary/aromatic N) is 2. The largest absolute Gasteiger partial charge is 0.487 e. The summed E-state index contributed by atoms with van der Waals surface area (Å²) >= 11 is 8.84. The van der Waals surface area contributed by atoms with Crippen LogP contribution in [0.25, 0.3) is 0 Å². The van der Waals surface area contributed by atoms with E-state index in [-0.39, 0.29) is 12.3 Å². The van der Waals surface area contributed by atoms with Crippen molar-refractivity contribution in [1.82, 2.24) is 4.98 Å². The first kappa shape index (κ1) is 13.8. The molecule has 0 saturated carbocycles. The van der Waals surface area contributed by atoms with E-state index in [1.807, 2.05) is 0 Å². The number of nitro benzene ring substituents is 1. The van der Waals surface area contributed by atoms with Gasteiger partial charge in [-0.1, -0.05) is 23.7 Å². The average Bonchev–Trinajstić information content (AvgIpc) is 2.39. The molecule has 0 N–H and O–H groups in total. The predicted molar refractivity (Wildman–Crippen MR) is 74.4 cm³/mol. The van der Waals surface area contributed by atoms with Crippen LogP contribution in [0, 0.1) is 10.1 Å². The summed E-state index contributed by atoms with van der Waals surface area (Å²) < 4.78 is 5.84. The van der Waals surface area contributed by atoms with Crippen molar-refractivity contribution in [2.45, 2.75) is 6.61 Å².